The number of hydrogen-bond donors (Lipinski definition) is 2. The number of aryl methyl sites for hydroxylation is 2. The molecule has 1 saturated carbocycles. The third-order valence-corrected chi connectivity index (χ3v) is 5.17. The van der Waals surface area contributed by atoms with Gasteiger partial charge in [0, 0.05) is 30.9 Å². The fourth-order valence-corrected chi connectivity index (χ4v) is 3.65. The number of likely N-dealkylation sites (tertiary alicyclic amines) is 1. The summed E-state index contributed by atoms with van der Waals surface area (Å²) in [5, 5.41) is 7.65. The number of carbonyl (C=O) groups is 1. The first-order valence-corrected chi connectivity index (χ1v) is 9.45. The van der Waals surface area contributed by atoms with Crippen LogP contribution in [-0.2, 0) is 4.79 Å². The summed E-state index contributed by atoms with van der Waals surface area (Å²) in [7, 11) is 0. The maximum Gasteiger partial charge on any atom is 0.234 e. The first-order valence-electron chi connectivity index (χ1n) is 9.45. The molecule has 1 aliphatic heterocycles. The first kappa shape index (κ1) is 17.1. The van der Waals surface area contributed by atoms with E-state index in [1.54, 1.807) is 6.33 Å². The zero-order valence-electron chi connectivity index (χ0n) is 15.5. The Kier molecular flexibility index (Phi) is 4.72. The van der Waals surface area contributed by atoms with Gasteiger partial charge in [-0.2, -0.15) is 0 Å². The quantitative estimate of drug-likeness (QED) is 0.852. The fraction of sp³-hybridized carbons (Fsp3) is 0.579. The van der Waals surface area contributed by atoms with E-state index in [1.165, 1.54) is 0 Å². The van der Waals surface area contributed by atoms with Crippen LogP contribution < -0.4 is 10.6 Å². The van der Waals surface area contributed by atoms with Crippen molar-refractivity contribution in [2.75, 3.05) is 25.0 Å². The highest BCUT2D eigenvalue weighted by atomic mass is 16.2. The van der Waals surface area contributed by atoms with Gasteiger partial charge >= 0.3 is 0 Å². The summed E-state index contributed by atoms with van der Waals surface area (Å²) >= 11 is 0. The van der Waals surface area contributed by atoms with E-state index in [1.807, 2.05) is 6.92 Å². The third-order valence-electron chi connectivity index (χ3n) is 5.17. The van der Waals surface area contributed by atoms with Crippen LogP contribution in [0.3, 0.4) is 0 Å². The Balaban J connectivity index is 1.37. The van der Waals surface area contributed by atoms with Crippen molar-refractivity contribution < 1.29 is 4.79 Å². The van der Waals surface area contributed by atoms with Crippen LogP contribution in [-0.4, -0.2) is 57.5 Å². The van der Waals surface area contributed by atoms with Crippen molar-refractivity contribution in [1.29, 1.82) is 0 Å². The van der Waals surface area contributed by atoms with Gasteiger partial charge in [0.2, 0.25) is 5.91 Å². The molecule has 2 fully saturated rings. The lowest BCUT2D eigenvalue weighted by Gasteiger charge is -2.32. The van der Waals surface area contributed by atoms with E-state index in [2.05, 4.69) is 43.5 Å². The number of piperidine rings is 1. The molecule has 26 heavy (non-hydrogen) atoms. The molecule has 0 radical (unpaired) electrons. The minimum absolute atomic E-state index is 0.165. The van der Waals surface area contributed by atoms with E-state index in [0.29, 0.717) is 18.6 Å². The molecule has 4 rings (SSSR count). The minimum Gasteiger partial charge on any atom is -0.367 e. The van der Waals surface area contributed by atoms with Crippen molar-refractivity contribution in [1.82, 2.24) is 25.2 Å². The number of amides is 1. The molecule has 0 unspecified atom stereocenters. The molecule has 7 nitrogen and oxygen atoms in total. The zero-order chi connectivity index (χ0) is 18.1. The predicted octanol–water partition coefficient (Wildman–Crippen LogP) is 1.80. The van der Waals surface area contributed by atoms with Gasteiger partial charge in [0.1, 0.15) is 12.1 Å². The van der Waals surface area contributed by atoms with Crippen molar-refractivity contribution in [2.24, 2.45) is 0 Å². The average molecular weight is 354 g/mol. The lowest BCUT2D eigenvalue weighted by atomic mass is 10.0. The molecule has 7 heteroatoms. The maximum atomic E-state index is 12.0. The van der Waals surface area contributed by atoms with Crippen LogP contribution in [0.4, 0.5) is 5.82 Å². The van der Waals surface area contributed by atoms with E-state index in [4.69, 9.17) is 0 Å². The number of pyridine rings is 1. The number of anilines is 1. The molecule has 2 N–H and O–H groups in total. The minimum atomic E-state index is 0.165. The van der Waals surface area contributed by atoms with Gasteiger partial charge in [-0.3, -0.25) is 9.69 Å². The van der Waals surface area contributed by atoms with Gasteiger partial charge in [-0.05, 0) is 51.2 Å². The number of aromatic nitrogens is 3. The topological polar surface area (TPSA) is 83.0 Å². The molecule has 2 aliphatic rings. The van der Waals surface area contributed by atoms with Gasteiger partial charge < -0.3 is 10.6 Å². The number of nitrogens with one attached hydrogen (secondary N) is 2. The van der Waals surface area contributed by atoms with Crippen LogP contribution in [0.15, 0.2) is 12.4 Å². The summed E-state index contributed by atoms with van der Waals surface area (Å²) in [6.45, 7) is 6.43. The Hall–Kier alpha value is -2.28. The number of fused-ring (bicyclic) bond motifs is 1. The third kappa shape index (κ3) is 3.93. The second-order valence-electron chi connectivity index (χ2n) is 7.54. The summed E-state index contributed by atoms with van der Waals surface area (Å²) < 4.78 is 0. The smallest absolute Gasteiger partial charge is 0.234 e. The lowest BCUT2D eigenvalue weighted by Crippen LogP contribution is -2.44. The summed E-state index contributed by atoms with van der Waals surface area (Å²) in [5.74, 6) is 1.03. The molecule has 0 atom stereocenters. The van der Waals surface area contributed by atoms with Gasteiger partial charge in [-0.15, -0.1) is 0 Å². The molecule has 3 heterocycles. The summed E-state index contributed by atoms with van der Waals surface area (Å²) in [6, 6.07) is 2.86. The molecule has 0 aromatic carbocycles. The normalized spacial score (nSPS) is 18.8. The van der Waals surface area contributed by atoms with Crippen molar-refractivity contribution in [3.8, 4) is 0 Å². The van der Waals surface area contributed by atoms with Crippen LogP contribution in [0.2, 0.25) is 0 Å². The first-order chi connectivity index (χ1) is 12.6. The van der Waals surface area contributed by atoms with Gasteiger partial charge in [-0.1, -0.05) is 0 Å². The molecular formula is C19H26N6O. The molecule has 0 bridgehead atoms. The van der Waals surface area contributed by atoms with Crippen LogP contribution >= 0.6 is 0 Å². The van der Waals surface area contributed by atoms with Crippen LogP contribution in [0.5, 0.6) is 0 Å². The molecule has 1 aliphatic carbocycles. The number of carbonyl (C=O) groups excluding carboxylic acids is 1. The Morgan fingerprint density at radius 2 is 1.92 bits per heavy atom. The van der Waals surface area contributed by atoms with Crippen LogP contribution in [0.25, 0.3) is 11.0 Å². The van der Waals surface area contributed by atoms with Crippen molar-refractivity contribution in [2.45, 2.75) is 51.6 Å². The fourth-order valence-electron chi connectivity index (χ4n) is 3.65. The summed E-state index contributed by atoms with van der Waals surface area (Å²) in [5.41, 5.74) is 2.86. The number of hydrogen-bond acceptors (Lipinski definition) is 6. The van der Waals surface area contributed by atoms with E-state index in [-0.39, 0.29) is 5.91 Å². The molecule has 2 aromatic rings. The SMILES string of the molecule is Cc1cc(C)c2c(NC3CCN(CC(=O)NC4CC4)CC3)ncnc2n1. The second kappa shape index (κ2) is 7.15. The molecular weight excluding hydrogens is 328 g/mol. The van der Waals surface area contributed by atoms with Gasteiger partial charge in [0.25, 0.3) is 0 Å². The van der Waals surface area contributed by atoms with Crippen molar-refractivity contribution >= 4 is 22.8 Å². The Labute approximate surface area is 153 Å². The highest BCUT2D eigenvalue weighted by Crippen LogP contribution is 2.25. The van der Waals surface area contributed by atoms with E-state index >= 15 is 0 Å². The second-order valence-corrected chi connectivity index (χ2v) is 7.54. The number of rotatable bonds is 5. The average Bonchev–Trinajstić information content (AvgIpc) is 3.40. The predicted molar refractivity (Wildman–Crippen MR) is 101 cm³/mol. The molecule has 138 valence electrons. The van der Waals surface area contributed by atoms with E-state index < -0.39 is 0 Å². The zero-order valence-corrected chi connectivity index (χ0v) is 15.5. The summed E-state index contributed by atoms with van der Waals surface area (Å²) in [6.07, 6.45) is 5.85. The van der Waals surface area contributed by atoms with Crippen LogP contribution in [0, 0.1) is 13.8 Å². The van der Waals surface area contributed by atoms with Crippen LogP contribution in [0.1, 0.15) is 36.9 Å². The largest absolute Gasteiger partial charge is 0.367 e. The molecule has 1 amide bonds. The van der Waals surface area contributed by atoms with E-state index in [9.17, 15) is 4.79 Å². The Morgan fingerprint density at radius 1 is 1.15 bits per heavy atom. The molecule has 1 saturated heterocycles. The Morgan fingerprint density at radius 3 is 2.65 bits per heavy atom. The van der Waals surface area contributed by atoms with Gasteiger partial charge in [-0.25, -0.2) is 15.0 Å². The Bertz CT molecular complexity index is 811. The highest BCUT2D eigenvalue weighted by Gasteiger charge is 2.26. The summed E-state index contributed by atoms with van der Waals surface area (Å²) in [4.78, 5) is 27.5. The van der Waals surface area contributed by atoms with Gasteiger partial charge in [0.05, 0.1) is 11.9 Å². The lowest BCUT2D eigenvalue weighted by molar-refractivity contribution is -0.122. The van der Waals surface area contributed by atoms with Crippen molar-refractivity contribution in [3.63, 3.8) is 0 Å². The molecule has 0 spiro atoms. The standard InChI is InChI=1S/C19H26N6O/c1-12-9-13(2)22-18-17(12)19(21-11-20-18)24-15-5-7-25(8-6-15)10-16(26)23-14-3-4-14/h9,11,14-15H,3-8,10H2,1-2H3,(H,23,26)(H,20,21,22,24). The number of nitrogens with zero attached hydrogens (tertiary/aromatic N) is 4. The van der Waals surface area contributed by atoms with Gasteiger partial charge in [0.15, 0.2) is 5.65 Å². The van der Waals surface area contributed by atoms with E-state index in [0.717, 1.165) is 66.9 Å². The van der Waals surface area contributed by atoms with Crippen molar-refractivity contribution in [3.05, 3.63) is 23.7 Å². The highest BCUT2D eigenvalue weighted by molar-refractivity contribution is 5.89. The maximum absolute atomic E-state index is 12.0. The monoisotopic (exact) mass is 354 g/mol. The molecule has 2 aromatic heterocycles.